The minimum Gasteiger partial charge on any atom is -0.309 e. The van der Waals surface area contributed by atoms with Gasteiger partial charge in [-0.2, -0.15) is 0 Å². The molecule has 2 aromatic rings. The fraction of sp³-hybridized carbons (Fsp3) is 0.0667. The lowest BCUT2D eigenvalue weighted by molar-refractivity contribution is -0.127. The lowest BCUT2D eigenvalue weighted by Crippen LogP contribution is -2.36. The maximum absolute atomic E-state index is 12.3. The number of pyridine rings is 1. The van der Waals surface area contributed by atoms with E-state index in [1.807, 2.05) is 17.5 Å². The number of imide groups is 1. The summed E-state index contributed by atoms with van der Waals surface area (Å²) in [5.41, 5.74) is 0. The van der Waals surface area contributed by atoms with Crippen LogP contribution in [0.5, 0.6) is 0 Å². The van der Waals surface area contributed by atoms with Crippen LogP contribution in [0.1, 0.15) is 4.88 Å². The molecule has 3 heterocycles. The number of amides is 3. The van der Waals surface area contributed by atoms with Gasteiger partial charge in [0.1, 0.15) is 12.4 Å². The zero-order valence-corrected chi connectivity index (χ0v) is 13.4. The van der Waals surface area contributed by atoms with Gasteiger partial charge in [-0.15, -0.1) is 11.3 Å². The van der Waals surface area contributed by atoms with Crippen molar-refractivity contribution in [2.24, 2.45) is 0 Å². The van der Waals surface area contributed by atoms with E-state index in [0.717, 1.165) is 21.5 Å². The van der Waals surface area contributed by atoms with E-state index >= 15 is 0 Å². The van der Waals surface area contributed by atoms with Gasteiger partial charge < -0.3 is 5.32 Å². The van der Waals surface area contributed by atoms with Crippen molar-refractivity contribution in [3.05, 3.63) is 51.7 Å². The topological polar surface area (TPSA) is 79.4 Å². The van der Waals surface area contributed by atoms with Gasteiger partial charge in [0.15, 0.2) is 0 Å². The highest BCUT2D eigenvalue weighted by Crippen LogP contribution is 2.32. The number of hydrogen-bond acceptors (Lipinski definition) is 6. The van der Waals surface area contributed by atoms with E-state index in [9.17, 15) is 14.4 Å². The third-order valence-corrected chi connectivity index (χ3v) is 4.65. The molecule has 0 saturated carbocycles. The second-order valence-corrected chi connectivity index (χ2v) is 6.52. The number of hydrogen-bond donors (Lipinski definition) is 1. The van der Waals surface area contributed by atoms with Crippen molar-refractivity contribution in [1.29, 1.82) is 0 Å². The molecule has 1 saturated heterocycles. The quantitative estimate of drug-likeness (QED) is 0.862. The average molecular weight is 345 g/mol. The molecule has 8 heteroatoms. The van der Waals surface area contributed by atoms with Crippen LogP contribution in [0.3, 0.4) is 0 Å². The van der Waals surface area contributed by atoms with Crippen LogP contribution in [0.4, 0.5) is 10.6 Å². The lowest BCUT2D eigenvalue weighted by Gasteiger charge is -2.11. The molecule has 23 heavy (non-hydrogen) atoms. The van der Waals surface area contributed by atoms with Gasteiger partial charge in [0.05, 0.1) is 4.91 Å². The summed E-state index contributed by atoms with van der Waals surface area (Å²) in [6.07, 6.45) is 3.20. The Hall–Kier alpha value is -2.45. The van der Waals surface area contributed by atoms with Crippen LogP contribution in [0, 0.1) is 0 Å². The Kier molecular flexibility index (Phi) is 4.54. The number of thioether (sulfide) groups is 1. The normalized spacial score (nSPS) is 16.2. The Bertz CT molecular complexity index is 773. The Morgan fingerprint density at radius 2 is 2.13 bits per heavy atom. The summed E-state index contributed by atoms with van der Waals surface area (Å²) < 4.78 is 0. The molecular formula is C15H11N3O3S2. The summed E-state index contributed by atoms with van der Waals surface area (Å²) in [5.74, 6) is -0.549. The van der Waals surface area contributed by atoms with Crippen molar-refractivity contribution in [3.63, 3.8) is 0 Å². The maximum atomic E-state index is 12.3. The number of anilines is 1. The van der Waals surface area contributed by atoms with Crippen molar-refractivity contribution in [2.45, 2.75) is 0 Å². The SMILES string of the molecule is O=C(CN1C(=O)S/C(=C\c2cccs2)C1=O)Nc1ccccn1. The molecule has 0 aromatic carbocycles. The van der Waals surface area contributed by atoms with Crippen LogP contribution in [0.2, 0.25) is 0 Å². The molecule has 2 aromatic heterocycles. The van der Waals surface area contributed by atoms with Crippen molar-refractivity contribution in [1.82, 2.24) is 9.88 Å². The van der Waals surface area contributed by atoms with Gasteiger partial charge in [-0.05, 0) is 41.4 Å². The largest absolute Gasteiger partial charge is 0.309 e. The number of nitrogens with zero attached hydrogens (tertiary/aromatic N) is 2. The molecule has 0 unspecified atom stereocenters. The number of thiophene rings is 1. The molecule has 1 fully saturated rings. The average Bonchev–Trinajstić information content (AvgIpc) is 3.13. The third kappa shape index (κ3) is 3.66. The molecule has 0 aliphatic carbocycles. The molecule has 0 atom stereocenters. The lowest BCUT2D eigenvalue weighted by atomic mass is 10.3. The van der Waals surface area contributed by atoms with Gasteiger partial charge in [0.25, 0.3) is 11.1 Å². The Morgan fingerprint density at radius 3 is 2.83 bits per heavy atom. The van der Waals surface area contributed by atoms with E-state index < -0.39 is 17.1 Å². The van der Waals surface area contributed by atoms with Gasteiger partial charge in [-0.3, -0.25) is 19.3 Å². The molecule has 1 N–H and O–H groups in total. The maximum Gasteiger partial charge on any atom is 0.294 e. The van der Waals surface area contributed by atoms with Crippen molar-refractivity contribution in [3.8, 4) is 0 Å². The Balaban J connectivity index is 1.67. The highest BCUT2D eigenvalue weighted by atomic mass is 32.2. The standard InChI is InChI=1S/C15H11N3O3S2/c19-13(17-12-5-1-2-6-16-12)9-18-14(20)11(23-15(18)21)8-10-4-3-7-22-10/h1-8H,9H2,(H,16,17,19)/b11-8-. The molecular weight excluding hydrogens is 334 g/mol. The van der Waals surface area contributed by atoms with E-state index in [0.29, 0.717) is 10.7 Å². The summed E-state index contributed by atoms with van der Waals surface area (Å²) in [6, 6.07) is 8.80. The summed E-state index contributed by atoms with van der Waals surface area (Å²) in [6.45, 7) is -0.330. The predicted molar refractivity (Wildman–Crippen MR) is 89.9 cm³/mol. The van der Waals surface area contributed by atoms with E-state index in [1.165, 1.54) is 11.3 Å². The third-order valence-electron chi connectivity index (χ3n) is 2.92. The molecule has 0 spiro atoms. The molecule has 0 radical (unpaired) electrons. The van der Waals surface area contributed by atoms with E-state index in [2.05, 4.69) is 10.3 Å². The summed E-state index contributed by atoms with van der Waals surface area (Å²) >= 11 is 2.31. The number of nitrogens with one attached hydrogen (secondary N) is 1. The molecule has 1 aliphatic heterocycles. The molecule has 3 amide bonds. The number of rotatable bonds is 4. The fourth-order valence-corrected chi connectivity index (χ4v) is 3.46. The second kappa shape index (κ2) is 6.76. The van der Waals surface area contributed by atoms with Gasteiger partial charge in [-0.1, -0.05) is 12.1 Å². The first-order chi connectivity index (χ1) is 11.1. The van der Waals surface area contributed by atoms with Gasteiger partial charge in [0.2, 0.25) is 5.91 Å². The first kappa shape index (κ1) is 15.4. The summed E-state index contributed by atoms with van der Waals surface area (Å²) in [4.78, 5) is 42.3. The molecule has 116 valence electrons. The summed E-state index contributed by atoms with van der Waals surface area (Å²) in [5, 5.41) is 3.98. The first-order valence-electron chi connectivity index (χ1n) is 6.63. The monoisotopic (exact) mass is 345 g/mol. The summed E-state index contributed by atoms with van der Waals surface area (Å²) in [7, 11) is 0. The van der Waals surface area contributed by atoms with Gasteiger partial charge in [-0.25, -0.2) is 4.98 Å². The number of aromatic nitrogens is 1. The zero-order valence-electron chi connectivity index (χ0n) is 11.8. The number of carbonyl (C=O) groups is 3. The van der Waals surface area contributed by atoms with Crippen LogP contribution in [0.25, 0.3) is 6.08 Å². The van der Waals surface area contributed by atoms with Crippen molar-refractivity contribution in [2.75, 3.05) is 11.9 Å². The predicted octanol–water partition coefficient (Wildman–Crippen LogP) is 2.82. The first-order valence-corrected chi connectivity index (χ1v) is 8.33. The van der Waals surface area contributed by atoms with E-state index in [4.69, 9.17) is 0 Å². The van der Waals surface area contributed by atoms with Crippen LogP contribution < -0.4 is 5.32 Å². The zero-order chi connectivity index (χ0) is 16.2. The molecule has 0 bridgehead atoms. The van der Waals surface area contributed by atoms with Crippen LogP contribution in [-0.2, 0) is 9.59 Å². The minimum absolute atomic E-state index is 0.322. The van der Waals surface area contributed by atoms with Crippen LogP contribution in [0.15, 0.2) is 46.8 Å². The van der Waals surface area contributed by atoms with E-state index in [1.54, 1.807) is 30.5 Å². The smallest absolute Gasteiger partial charge is 0.294 e. The van der Waals surface area contributed by atoms with Gasteiger partial charge >= 0.3 is 0 Å². The Labute approximate surface area is 140 Å². The second-order valence-electron chi connectivity index (χ2n) is 4.55. The van der Waals surface area contributed by atoms with Crippen molar-refractivity contribution >= 4 is 52.0 Å². The fourth-order valence-electron chi connectivity index (χ4n) is 1.90. The Morgan fingerprint density at radius 1 is 1.26 bits per heavy atom. The minimum atomic E-state index is -0.469. The molecule has 1 aliphatic rings. The van der Waals surface area contributed by atoms with Crippen molar-refractivity contribution < 1.29 is 14.4 Å². The van der Waals surface area contributed by atoms with E-state index in [-0.39, 0.29) is 6.54 Å². The highest BCUT2D eigenvalue weighted by Gasteiger charge is 2.36. The molecule has 6 nitrogen and oxygen atoms in total. The molecule has 3 rings (SSSR count). The van der Waals surface area contributed by atoms with Crippen LogP contribution in [-0.4, -0.2) is 33.5 Å². The number of carbonyl (C=O) groups excluding carboxylic acids is 3. The van der Waals surface area contributed by atoms with Gasteiger partial charge in [0, 0.05) is 11.1 Å². The highest BCUT2D eigenvalue weighted by molar-refractivity contribution is 8.18. The van der Waals surface area contributed by atoms with Crippen LogP contribution >= 0.6 is 23.1 Å².